The van der Waals surface area contributed by atoms with Gasteiger partial charge in [-0.15, -0.1) is 0 Å². The Kier molecular flexibility index (Phi) is 4.87. The minimum absolute atomic E-state index is 0.0444. The number of benzene rings is 1. The van der Waals surface area contributed by atoms with Gasteiger partial charge < -0.3 is 5.32 Å². The number of hydrogen-bond acceptors (Lipinski definition) is 3. The average molecular weight is 318 g/mol. The first-order chi connectivity index (χ1) is 8.90. The standard InChI is InChI=1S/C14H20ClNO3S/c1-9-6-11(20(15,18)19)7-10(2)13(9)16-12(17)8-14(3,4)5/h6-7H,8H2,1-5H3,(H,16,17). The first-order valence-corrected chi connectivity index (χ1v) is 8.57. The van der Waals surface area contributed by atoms with Crippen molar-refractivity contribution in [2.45, 2.75) is 45.9 Å². The van der Waals surface area contributed by atoms with Crippen LogP contribution in [0.1, 0.15) is 38.3 Å². The lowest BCUT2D eigenvalue weighted by Crippen LogP contribution is -2.20. The van der Waals surface area contributed by atoms with E-state index in [9.17, 15) is 13.2 Å². The van der Waals surface area contributed by atoms with E-state index in [1.165, 1.54) is 12.1 Å². The zero-order chi connectivity index (χ0) is 15.7. The summed E-state index contributed by atoms with van der Waals surface area (Å²) in [5.74, 6) is -0.0924. The van der Waals surface area contributed by atoms with Gasteiger partial charge in [0.25, 0.3) is 9.05 Å². The van der Waals surface area contributed by atoms with Crippen LogP contribution in [-0.2, 0) is 13.8 Å². The van der Waals surface area contributed by atoms with E-state index in [0.717, 1.165) is 0 Å². The van der Waals surface area contributed by atoms with Gasteiger partial charge in [-0.05, 0) is 42.5 Å². The van der Waals surface area contributed by atoms with Gasteiger partial charge in [0.1, 0.15) is 0 Å². The van der Waals surface area contributed by atoms with Crippen molar-refractivity contribution in [2.24, 2.45) is 5.41 Å². The highest BCUT2D eigenvalue weighted by molar-refractivity contribution is 8.13. The van der Waals surface area contributed by atoms with Gasteiger partial charge >= 0.3 is 0 Å². The predicted octanol–water partition coefficient (Wildman–Crippen LogP) is 3.61. The third kappa shape index (κ3) is 4.80. The highest BCUT2D eigenvalue weighted by Crippen LogP contribution is 2.27. The lowest BCUT2D eigenvalue weighted by Gasteiger charge is -2.19. The van der Waals surface area contributed by atoms with Crippen LogP contribution in [0.5, 0.6) is 0 Å². The Bertz CT molecular complexity index is 607. The zero-order valence-corrected chi connectivity index (χ0v) is 13.9. The van der Waals surface area contributed by atoms with Crippen molar-refractivity contribution in [3.05, 3.63) is 23.3 Å². The highest BCUT2D eigenvalue weighted by Gasteiger charge is 2.19. The molecule has 1 N–H and O–H groups in total. The normalized spacial score (nSPS) is 12.3. The molecule has 0 aromatic heterocycles. The second kappa shape index (κ2) is 5.74. The van der Waals surface area contributed by atoms with Gasteiger partial charge in [0, 0.05) is 22.8 Å². The molecule has 1 aromatic carbocycles. The lowest BCUT2D eigenvalue weighted by molar-refractivity contribution is -0.117. The van der Waals surface area contributed by atoms with Crippen LogP contribution in [0.4, 0.5) is 5.69 Å². The molecular weight excluding hydrogens is 298 g/mol. The Morgan fingerprint density at radius 3 is 2.00 bits per heavy atom. The van der Waals surface area contributed by atoms with Crippen LogP contribution in [0.2, 0.25) is 0 Å². The van der Waals surface area contributed by atoms with Gasteiger partial charge in [-0.1, -0.05) is 20.8 Å². The quantitative estimate of drug-likeness (QED) is 0.866. The predicted molar refractivity (Wildman–Crippen MR) is 81.7 cm³/mol. The van der Waals surface area contributed by atoms with Gasteiger partial charge in [-0.25, -0.2) is 8.42 Å². The van der Waals surface area contributed by atoms with Crippen molar-refractivity contribution in [1.29, 1.82) is 0 Å². The van der Waals surface area contributed by atoms with E-state index in [0.29, 0.717) is 23.2 Å². The molecule has 0 fully saturated rings. The van der Waals surface area contributed by atoms with Crippen LogP contribution >= 0.6 is 10.7 Å². The molecule has 1 aromatic rings. The Morgan fingerprint density at radius 1 is 1.20 bits per heavy atom. The van der Waals surface area contributed by atoms with Crippen molar-refractivity contribution in [1.82, 2.24) is 0 Å². The summed E-state index contributed by atoms with van der Waals surface area (Å²) in [6.45, 7) is 9.43. The van der Waals surface area contributed by atoms with E-state index in [1.54, 1.807) is 13.8 Å². The van der Waals surface area contributed by atoms with Crippen LogP contribution in [0.3, 0.4) is 0 Å². The molecule has 0 saturated carbocycles. The molecule has 20 heavy (non-hydrogen) atoms. The average Bonchev–Trinajstić information content (AvgIpc) is 2.19. The van der Waals surface area contributed by atoms with Crippen molar-refractivity contribution in [2.75, 3.05) is 5.32 Å². The number of hydrogen-bond donors (Lipinski definition) is 1. The molecule has 0 radical (unpaired) electrons. The number of anilines is 1. The smallest absolute Gasteiger partial charge is 0.261 e. The molecule has 1 rings (SSSR count). The van der Waals surface area contributed by atoms with Gasteiger partial charge in [-0.2, -0.15) is 0 Å². The largest absolute Gasteiger partial charge is 0.326 e. The molecule has 0 bridgehead atoms. The first kappa shape index (κ1) is 17.0. The van der Waals surface area contributed by atoms with E-state index >= 15 is 0 Å². The van der Waals surface area contributed by atoms with E-state index in [4.69, 9.17) is 10.7 Å². The number of amides is 1. The molecule has 0 spiro atoms. The van der Waals surface area contributed by atoms with Crippen molar-refractivity contribution >= 4 is 31.3 Å². The van der Waals surface area contributed by atoms with Crippen LogP contribution < -0.4 is 5.32 Å². The molecule has 0 atom stereocenters. The Labute approximate surface area is 124 Å². The molecular formula is C14H20ClNO3S. The second-order valence-corrected chi connectivity index (χ2v) is 8.72. The van der Waals surface area contributed by atoms with Gasteiger partial charge in [0.05, 0.1) is 4.90 Å². The first-order valence-electron chi connectivity index (χ1n) is 6.26. The van der Waals surface area contributed by atoms with E-state index < -0.39 is 9.05 Å². The second-order valence-electron chi connectivity index (χ2n) is 6.16. The summed E-state index contributed by atoms with van der Waals surface area (Å²) < 4.78 is 22.7. The summed E-state index contributed by atoms with van der Waals surface area (Å²) in [6, 6.07) is 2.92. The monoisotopic (exact) mass is 317 g/mol. The lowest BCUT2D eigenvalue weighted by atomic mass is 9.92. The number of carbonyl (C=O) groups is 1. The van der Waals surface area contributed by atoms with E-state index in [2.05, 4.69) is 5.32 Å². The summed E-state index contributed by atoms with van der Waals surface area (Å²) in [5, 5.41) is 2.84. The molecule has 0 aliphatic carbocycles. The van der Waals surface area contributed by atoms with Gasteiger partial charge in [0.2, 0.25) is 5.91 Å². The van der Waals surface area contributed by atoms with Crippen molar-refractivity contribution < 1.29 is 13.2 Å². The number of aryl methyl sites for hydroxylation is 2. The molecule has 0 unspecified atom stereocenters. The summed E-state index contributed by atoms with van der Waals surface area (Å²) in [5.41, 5.74) is 1.88. The highest BCUT2D eigenvalue weighted by atomic mass is 35.7. The molecule has 0 saturated heterocycles. The molecule has 6 heteroatoms. The number of carbonyl (C=O) groups excluding carboxylic acids is 1. The fraction of sp³-hybridized carbons (Fsp3) is 0.500. The maximum absolute atomic E-state index is 12.0. The van der Waals surface area contributed by atoms with Gasteiger partial charge in [-0.3, -0.25) is 4.79 Å². The Balaban J connectivity index is 3.07. The van der Waals surface area contributed by atoms with Crippen LogP contribution in [0.15, 0.2) is 17.0 Å². The fourth-order valence-electron chi connectivity index (χ4n) is 1.93. The fourth-order valence-corrected chi connectivity index (χ4v) is 2.83. The zero-order valence-electron chi connectivity index (χ0n) is 12.4. The van der Waals surface area contributed by atoms with Crippen LogP contribution in [0.25, 0.3) is 0 Å². The third-order valence-electron chi connectivity index (χ3n) is 2.74. The minimum Gasteiger partial charge on any atom is -0.326 e. The maximum atomic E-state index is 12.0. The van der Waals surface area contributed by atoms with Crippen LogP contribution in [-0.4, -0.2) is 14.3 Å². The van der Waals surface area contributed by atoms with Crippen LogP contribution in [0, 0.1) is 19.3 Å². The van der Waals surface area contributed by atoms with Gasteiger partial charge in [0.15, 0.2) is 0 Å². The summed E-state index contributed by atoms with van der Waals surface area (Å²) in [4.78, 5) is 12.0. The molecule has 4 nitrogen and oxygen atoms in total. The molecule has 0 heterocycles. The summed E-state index contributed by atoms with van der Waals surface area (Å²) in [6.07, 6.45) is 0.390. The van der Waals surface area contributed by atoms with E-state index in [1.807, 2.05) is 20.8 Å². The maximum Gasteiger partial charge on any atom is 0.261 e. The Morgan fingerprint density at radius 2 is 1.65 bits per heavy atom. The SMILES string of the molecule is Cc1cc(S(=O)(=O)Cl)cc(C)c1NC(=O)CC(C)(C)C. The molecule has 1 amide bonds. The topological polar surface area (TPSA) is 63.2 Å². The minimum atomic E-state index is -3.76. The number of halogens is 1. The summed E-state index contributed by atoms with van der Waals surface area (Å²) in [7, 11) is 1.57. The van der Waals surface area contributed by atoms with Crippen molar-refractivity contribution in [3.8, 4) is 0 Å². The van der Waals surface area contributed by atoms with Crippen molar-refractivity contribution in [3.63, 3.8) is 0 Å². The molecule has 0 aliphatic heterocycles. The number of nitrogens with one attached hydrogen (secondary N) is 1. The Hall–Kier alpha value is -1.07. The molecule has 0 aliphatic rings. The third-order valence-corrected chi connectivity index (χ3v) is 4.08. The van der Waals surface area contributed by atoms with E-state index in [-0.39, 0.29) is 16.2 Å². The summed E-state index contributed by atoms with van der Waals surface area (Å²) >= 11 is 0. The number of rotatable bonds is 3. The molecule has 112 valence electrons.